The maximum absolute atomic E-state index is 12.3. The van der Waals surface area contributed by atoms with Crippen molar-refractivity contribution in [1.29, 1.82) is 0 Å². The van der Waals surface area contributed by atoms with E-state index in [1.807, 2.05) is 78.9 Å². The van der Waals surface area contributed by atoms with Crippen LogP contribution in [0.5, 0.6) is 0 Å². The van der Waals surface area contributed by atoms with Crippen LogP contribution < -0.4 is 0 Å². The Morgan fingerprint density at radius 3 is 2.10 bits per heavy atom. The molecule has 0 aliphatic carbocycles. The van der Waals surface area contributed by atoms with Crippen LogP contribution in [-0.4, -0.2) is 11.9 Å². The zero-order valence-electron chi connectivity index (χ0n) is 15.6. The molecule has 0 radical (unpaired) electrons. The highest BCUT2D eigenvalue weighted by Crippen LogP contribution is 2.24. The van der Waals surface area contributed by atoms with Crippen molar-refractivity contribution < 1.29 is 9.53 Å². The van der Waals surface area contributed by atoms with Crippen LogP contribution in [-0.2, 0) is 9.53 Å². The predicted molar refractivity (Wildman–Crippen MR) is 116 cm³/mol. The topological polar surface area (TPSA) is 38.7 Å². The van der Waals surface area contributed by atoms with Crippen molar-refractivity contribution in [3.63, 3.8) is 0 Å². The molecule has 3 nitrogen and oxygen atoms in total. The molecule has 0 unspecified atom stereocenters. The first kappa shape index (κ1) is 17.1. The lowest BCUT2D eigenvalue weighted by atomic mass is 10.0. The highest BCUT2D eigenvalue weighted by Gasteiger charge is 2.24. The van der Waals surface area contributed by atoms with E-state index >= 15 is 0 Å². The number of ether oxygens (including phenoxy) is 1. The maximum Gasteiger partial charge on any atom is 0.363 e. The Balaban J connectivity index is 1.44. The minimum Gasteiger partial charge on any atom is -0.402 e. The number of esters is 1. The summed E-state index contributed by atoms with van der Waals surface area (Å²) in [7, 11) is 0. The van der Waals surface area contributed by atoms with E-state index in [0.717, 1.165) is 33.0 Å². The van der Waals surface area contributed by atoms with E-state index in [2.05, 4.69) is 23.2 Å². The maximum atomic E-state index is 12.3. The van der Waals surface area contributed by atoms with Crippen LogP contribution >= 0.6 is 0 Å². The van der Waals surface area contributed by atoms with Crippen LogP contribution in [0.1, 0.15) is 11.1 Å². The lowest BCUT2D eigenvalue weighted by Crippen LogP contribution is -2.05. The number of hydrogen-bond donors (Lipinski definition) is 0. The van der Waals surface area contributed by atoms with Gasteiger partial charge >= 0.3 is 5.97 Å². The van der Waals surface area contributed by atoms with E-state index in [1.54, 1.807) is 6.08 Å². The van der Waals surface area contributed by atoms with Crippen LogP contribution in [0.3, 0.4) is 0 Å². The van der Waals surface area contributed by atoms with Crippen molar-refractivity contribution in [1.82, 2.24) is 0 Å². The number of cyclic esters (lactones) is 1. The van der Waals surface area contributed by atoms with E-state index < -0.39 is 5.97 Å². The van der Waals surface area contributed by atoms with Crippen LogP contribution in [0.25, 0.3) is 28.0 Å². The Morgan fingerprint density at radius 2 is 1.31 bits per heavy atom. The largest absolute Gasteiger partial charge is 0.402 e. The van der Waals surface area contributed by atoms with Gasteiger partial charge in [-0.1, -0.05) is 78.9 Å². The number of hydrogen-bond acceptors (Lipinski definition) is 3. The van der Waals surface area contributed by atoms with Gasteiger partial charge in [0.2, 0.25) is 5.90 Å². The fraction of sp³-hybridized carbons (Fsp3) is 0. The Kier molecular flexibility index (Phi) is 4.26. The van der Waals surface area contributed by atoms with Gasteiger partial charge in [-0.2, -0.15) is 0 Å². The van der Waals surface area contributed by atoms with Crippen molar-refractivity contribution in [3.05, 3.63) is 114 Å². The van der Waals surface area contributed by atoms with Crippen LogP contribution in [0.2, 0.25) is 0 Å². The number of carbonyl (C=O) groups is 1. The number of aliphatic imine (C=N–C) groups is 1. The fourth-order valence-electron chi connectivity index (χ4n) is 3.42. The third-order valence-corrected chi connectivity index (χ3v) is 4.94. The third kappa shape index (κ3) is 3.46. The first-order valence-corrected chi connectivity index (χ1v) is 9.43. The summed E-state index contributed by atoms with van der Waals surface area (Å²) < 4.78 is 5.41. The van der Waals surface area contributed by atoms with Gasteiger partial charge in [-0.05, 0) is 51.7 Å². The monoisotopic (exact) mass is 375 g/mol. The molecule has 1 aliphatic heterocycles. The number of carbonyl (C=O) groups excluding carboxylic acids is 1. The molecule has 0 amide bonds. The van der Waals surface area contributed by atoms with Gasteiger partial charge in [0.05, 0.1) is 0 Å². The Morgan fingerprint density at radius 1 is 0.655 bits per heavy atom. The smallest absolute Gasteiger partial charge is 0.363 e. The lowest BCUT2D eigenvalue weighted by molar-refractivity contribution is -0.129. The minimum absolute atomic E-state index is 0.308. The van der Waals surface area contributed by atoms with Crippen molar-refractivity contribution in [2.45, 2.75) is 0 Å². The molecule has 0 spiro atoms. The first-order chi connectivity index (χ1) is 14.3. The summed E-state index contributed by atoms with van der Waals surface area (Å²) in [4.78, 5) is 16.7. The van der Waals surface area contributed by atoms with E-state index in [-0.39, 0.29) is 0 Å². The molecular formula is C26H17NO2. The molecule has 0 aromatic heterocycles. The van der Waals surface area contributed by atoms with Crippen molar-refractivity contribution >= 4 is 28.7 Å². The molecule has 0 bridgehead atoms. The normalized spacial score (nSPS) is 14.8. The second kappa shape index (κ2) is 7.21. The van der Waals surface area contributed by atoms with E-state index in [9.17, 15) is 4.79 Å². The highest BCUT2D eigenvalue weighted by molar-refractivity contribution is 6.13. The molecule has 0 fully saturated rings. The molecule has 1 aliphatic rings. The van der Waals surface area contributed by atoms with Gasteiger partial charge in [0.1, 0.15) is 0 Å². The number of benzene rings is 4. The number of fused-ring (bicyclic) bond motifs is 1. The molecule has 0 saturated carbocycles. The Bertz CT molecular complexity index is 1270. The SMILES string of the molecule is O=C1OC(c2ccc(-c3ccccc3)cc2)=N/C1=C\c1ccc2ccccc2c1. The van der Waals surface area contributed by atoms with Gasteiger partial charge < -0.3 is 4.74 Å². The van der Waals surface area contributed by atoms with Gasteiger partial charge in [-0.3, -0.25) is 0 Å². The molecule has 4 aromatic carbocycles. The fourth-order valence-corrected chi connectivity index (χ4v) is 3.42. The summed E-state index contributed by atoms with van der Waals surface area (Å²) in [5.74, 6) is -0.0954. The second-order valence-electron chi connectivity index (χ2n) is 6.89. The third-order valence-electron chi connectivity index (χ3n) is 4.94. The quantitative estimate of drug-likeness (QED) is 0.333. The van der Waals surface area contributed by atoms with Gasteiger partial charge in [-0.25, -0.2) is 9.79 Å². The van der Waals surface area contributed by atoms with Crippen LogP contribution in [0.15, 0.2) is 108 Å². The number of rotatable bonds is 3. The summed E-state index contributed by atoms with van der Waals surface area (Å²) in [5, 5.41) is 2.28. The van der Waals surface area contributed by atoms with Crippen molar-refractivity contribution in [2.24, 2.45) is 4.99 Å². The Hall–Kier alpha value is -3.98. The molecule has 0 atom stereocenters. The number of nitrogens with zero attached hydrogens (tertiary/aromatic N) is 1. The summed E-state index contributed by atoms with van der Waals surface area (Å²) in [6.45, 7) is 0. The van der Waals surface area contributed by atoms with Gasteiger partial charge in [0.15, 0.2) is 5.70 Å². The predicted octanol–water partition coefficient (Wildman–Crippen LogP) is 5.85. The van der Waals surface area contributed by atoms with Crippen LogP contribution in [0, 0.1) is 0 Å². The average molecular weight is 375 g/mol. The van der Waals surface area contributed by atoms with Crippen molar-refractivity contribution in [2.75, 3.05) is 0 Å². The average Bonchev–Trinajstić information content (AvgIpc) is 3.14. The van der Waals surface area contributed by atoms with E-state index in [1.165, 1.54) is 0 Å². The van der Waals surface area contributed by atoms with Crippen molar-refractivity contribution in [3.8, 4) is 11.1 Å². The molecule has 5 rings (SSSR count). The second-order valence-corrected chi connectivity index (χ2v) is 6.89. The lowest BCUT2D eigenvalue weighted by Gasteiger charge is -2.03. The minimum atomic E-state index is -0.430. The zero-order valence-corrected chi connectivity index (χ0v) is 15.6. The summed E-state index contributed by atoms with van der Waals surface area (Å²) >= 11 is 0. The molecule has 0 N–H and O–H groups in total. The molecule has 4 aromatic rings. The zero-order chi connectivity index (χ0) is 19.6. The molecule has 29 heavy (non-hydrogen) atoms. The highest BCUT2D eigenvalue weighted by atomic mass is 16.6. The Labute approximate surface area is 168 Å². The van der Waals surface area contributed by atoms with Gasteiger partial charge in [0.25, 0.3) is 0 Å². The molecule has 0 saturated heterocycles. The molecular weight excluding hydrogens is 358 g/mol. The van der Waals surface area contributed by atoms with Crippen LogP contribution in [0.4, 0.5) is 0 Å². The van der Waals surface area contributed by atoms with Gasteiger partial charge in [-0.15, -0.1) is 0 Å². The van der Waals surface area contributed by atoms with E-state index in [0.29, 0.717) is 11.6 Å². The molecule has 3 heteroatoms. The standard InChI is InChI=1S/C26H17NO2/c28-26-24(17-18-10-11-20-8-4-5-9-23(20)16-18)27-25(29-26)22-14-12-21(13-15-22)19-6-2-1-3-7-19/h1-17H/b24-17-. The van der Waals surface area contributed by atoms with E-state index in [4.69, 9.17) is 4.74 Å². The first-order valence-electron chi connectivity index (χ1n) is 9.43. The summed E-state index contributed by atoms with van der Waals surface area (Å²) in [6, 6.07) is 32.2. The molecule has 138 valence electrons. The molecule has 1 heterocycles. The summed E-state index contributed by atoms with van der Waals surface area (Å²) in [5.41, 5.74) is 4.25. The van der Waals surface area contributed by atoms with Gasteiger partial charge in [0, 0.05) is 5.56 Å². The summed E-state index contributed by atoms with van der Waals surface area (Å²) in [6.07, 6.45) is 1.76.